The molecule has 0 bridgehead atoms. The largest absolute Gasteiger partial charge is 0.313 e. The van der Waals surface area contributed by atoms with E-state index in [0.29, 0.717) is 5.56 Å². The summed E-state index contributed by atoms with van der Waals surface area (Å²) in [4.78, 5) is 2.46. The molecule has 1 heterocycles. The second-order valence-electron chi connectivity index (χ2n) is 6.03. The van der Waals surface area contributed by atoms with Crippen LogP contribution in [0.4, 0.5) is 8.78 Å². The number of hydrogen-bond acceptors (Lipinski definition) is 2. The highest BCUT2D eigenvalue weighted by Crippen LogP contribution is 2.23. The van der Waals surface area contributed by atoms with E-state index in [2.05, 4.69) is 17.1 Å². The molecule has 0 saturated carbocycles. The van der Waals surface area contributed by atoms with E-state index in [4.69, 9.17) is 0 Å². The summed E-state index contributed by atoms with van der Waals surface area (Å²) in [5.74, 6) is -0.137. The summed E-state index contributed by atoms with van der Waals surface area (Å²) in [6.45, 7) is 5.52. The van der Waals surface area contributed by atoms with Gasteiger partial charge < -0.3 is 10.2 Å². The van der Waals surface area contributed by atoms with Gasteiger partial charge in [0.25, 0.3) is 0 Å². The predicted octanol–water partition coefficient (Wildman–Crippen LogP) is 3.74. The lowest BCUT2D eigenvalue weighted by molar-refractivity contribution is 0.175. The third-order valence-electron chi connectivity index (χ3n) is 4.65. The Hall–Kier alpha value is -1.00. The van der Waals surface area contributed by atoms with E-state index in [0.717, 1.165) is 38.0 Å². The highest BCUT2D eigenvalue weighted by atomic mass is 19.1. The van der Waals surface area contributed by atoms with Crippen molar-refractivity contribution in [1.29, 1.82) is 0 Å². The molecule has 4 heteroatoms. The van der Waals surface area contributed by atoms with Crippen LogP contribution in [0.1, 0.15) is 44.2 Å². The van der Waals surface area contributed by atoms with Crippen molar-refractivity contribution in [1.82, 2.24) is 10.2 Å². The third-order valence-corrected chi connectivity index (χ3v) is 4.65. The van der Waals surface area contributed by atoms with Crippen LogP contribution in [-0.2, 0) is 0 Å². The Morgan fingerprint density at radius 2 is 1.81 bits per heavy atom. The molecule has 1 aromatic rings. The van der Waals surface area contributed by atoms with E-state index in [1.807, 2.05) is 7.05 Å². The molecule has 118 valence electrons. The SMILES string of the molecule is CCC1CCN(CCC(NC)c2cc(F)cc(F)c2)CC1. The summed E-state index contributed by atoms with van der Waals surface area (Å²) in [5.41, 5.74) is 0.693. The van der Waals surface area contributed by atoms with Gasteiger partial charge in [-0.15, -0.1) is 0 Å². The van der Waals surface area contributed by atoms with Crippen LogP contribution < -0.4 is 5.32 Å². The summed E-state index contributed by atoms with van der Waals surface area (Å²) >= 11 is 0. The summed E-state index contributed by atoms with van der Waals surface area (Å²) in [5, 5.41) is 3.17. The third kappa shape index (κ3) is 4.75. The lowest BCUT2D eigenvalue weighted by Gasteiger charge is -2.32. The minimum atomic E-state index is -0.506. The molecule has 1 unspecified atom stereocenters. The van der Waals surface area contributed by atoms with Gasteiger partial charge in [-0.25, -0.2) is 8.78 Å². The fourth-order valence-electron chi connectivity index (χ4n) is 3.18. The van der Waals surface area contributed by atoms with Crippen molar-refractivity contribution in [3.05, 3.63) is 35.4 Å². The van der Waals surface area contributed by atoms with Crippen LogP contribution in [0.5, 0.6) is 0 Å². The number of nitrogens with one attached hydrogen (secondary N) is 1. The topological polar surface area (TPSA) is 15.3 Å². The Morgan fingerprint density at radius 1 is 1.19 bits per heavy atom. The van der Waals surface area contributed by atoms with Crippen LogP contribution in [0.25, 0.3) is 0 Å². The van der Waals surface area contributed by atoms with Crippen LogP contribution in [0.3, 0.4) is 0 Å². The summed E-state index contributed by atoms with van der Waals surface area (Å²) in [6, 6.07) is 3.77. The maximum atomic E-state index is 13.3. The first-order chi connectivity index (χ1) is 10.1. The van der Waals surface area contributed by atoms with E-state index in [1.54, 1.807) is 0 Å². The Balaban J connectivity index is 1.88. The fraction of sp³-hybridized carbons (Fsp3) is 0.647. The van der Waals surface area contributed by atoms with Crippen molar-refractivity contribution in [2.45, 2.75) is 38.6 Å². The Bertz CT molecular complexity index is 422. The molecule has 0 aromatic heterocycles. The van der Waals surface area contributed by atoms with Crippen molar-refractivity contribution in [3.8, 4) is 0 Å². The molecule has 1 atom stereocenters. The van der Waals surface area contributed by atoms with Gasteiger partial charge in [0.15, 0.2) is 0 Å². The molecule has 1 saturated heterocycles. The second-order valence-corrected chi connectivity index (χ2v) is 6.03. The highest BCUT2D eigenvalue weighted by Gasteiger charge is 2.19. The number of rotatable bonds is 6. The number of benzene rings is 1. The van der Waals surface area contributed by atoms with E-state index < -0.39 is 11.6 Å². The normalized spacial score (nSPS) is 18.9. The van der Waals surface area contributed by atoms with Crippen molar-refractivity contribution in [2.24, 2.45) is 5.92 Å². The average molecular weight is 296 g/mol. The van der Waals surface area contributed by atoms with E-state index >= 15 is 0 Å². The van der Waals surface area contributed by atoms with Gasteiger partial charge in [-0.1, -0.05) is 13.3 Å². The first-order valence-corrected chi connectivity index (χ1v) is 7.98. The van der Waals surface area contributed by atoms with E-state index in [9.17, 15) is 8.78 Å². The molecule has 2 rings (SSSR count). The first-order valence-electron chi connectivity index (χ1n) is 7.98. The summed E-state index contributed by atoms with van der Waals surface area (Å²) < 4.78 is 26.6. The maximum absolute atomic E-state index is 13.3. The average Bonchev–Trinajstić information content (AvgIpc) is 2.47. The molecule has 21 heavy (non-hydrogen) atoms. The standard InChI is InChI=1S/C17H26F2N2/c1-3-13-4-7-21(8-5-13)9-6-17(20-2)14-10-15(18)12-16(19)11-14/h10-13,17,20H,3-9H2,1-2H3. The van der Waals surface area contributed by atoms with Gasteiger partial charge in [-0.05, 0) is 69.6 Å². The number of likely N-dealkylation sites (tertiary alicyclic amines) is 1. The van der Waals surface area contributed by atoms with Crippen molar-refractivity contribution >= 4 is 0 Å². The second kappa shape index (κ2) is 7.85. The zero-order valence-corrected chi connectivity index (χ0v) is 13.0. The van der Waals surface area contributed by atoms with Crippen LogP contribution in [-0.4, -0.2) is 31.6 Å². The lowest BCUT2D eigenvalue weighted by atomic mass is 9.94. The van der Waals surface area contributed by atoms with Gasteiger partial charge in [0.2, 0.25) is 0 Å². The van der Waals surface area contributed by atoms with Crippen LogP contribution in [0, 0.1) is 17.6 Å². The van der Waals surface area contributed by atoms with Gasteiger partial charge in [0, 0.05) is 12.1 Å². The van der Waals surface area contributed by atoms with Crippen LogP contribution in [0.15, 0.2) is 18.2 Å². The zero-order chi connectivity index (χ0) is 15.2. The maximum Gasteiger partial charge on any atom is 0.126 e. The predicted molar refractivity (Wildman–Crippen MR) is 82.2 cm³/mol. The van der Waals surface area contributed by atoms with E-state index in [-0.39, 0.29) is 6.04 Å². The van der Waals surface area contributed by atoms with Crippen LogP contribution in [0.2, 0.25) is 0 Å². The molecule has 2 nitrogen and oxygen atoms in total. The summed E-state index contributed by atoms with van der Waals surface area (Å²) in [6.07, 6.45) is 4.69. The molecular weight excluding hydrogens is 270 g/mol. The monoisotopic (exact) mass is 296 g/mol. The Kier molecular flexibility index (Phi) is 6.12. The number of halogens is 2. The van der Waals surface area contributed by atoms with Crippen LogP contribution >= 0.6 is 0 Å². The highest BCUT2D eigenvalue weighted by molar-refractivity contribution is 5.21. The minimum absolute atomic E-state index is 0.000835. The van der Waals surface area contributed by atoms with Crippen molar-refractivity contribution < 1.29 is 8.78 Å². The number of nitrogens with zero attached hydrogens (tertiary/aromatic N) is 1. The van der Waals surface area contributed by atoms with Gasteiger partial charge in [0.05, 0.1) is 0 Å². The van der Waals surface area contributed by atoms with E-state index in [1.165, 1.54) is 31.4 Å². The molecule has 1 aromatic carbocycles. The number of hydrogen-bond donors (Lipinski definition) is 1. The summed E-state index contributed by atoms with van der Waals surface area (Å²) in [7, 11) is 1.84. The fourth-order valence-corrected chi connectivity index (χ4v) is 3.18. The van der Waals surface area contributed by atoms with Gasteiger partial charge in [0.1, 0.15) is 11.6 Å². The Labute approximate surface area is 126 Å². The minimum Gasteiger partial charge on any atom is -0.313 e. The molecule has 0 radical (unpaired) electrons. The molecule has 1 aliphatic heterocycles. The zero-order valence-electron chi connectivity index (χ0n) is 13.0. The van der Waals surface area contributed by atoms with Gasteiger partial charge in [-0.2, -0.15) is 0 Å². The molecular formula is C17H26F2N2. The van der Waals surface area contributed by atoms with Crippen molar-refractivity contribution in [2.75, 3.05) is 26.7 Å². The molecule has 1 fully saturated rings. The molecule has 0 aliphatic carbocycles. The van der Waals surface area contributed by atoms with Gasteiger partial charge in [-0.3, -0.25) is 0 Å². The lowest BCUT2D eigenvalue weighted by Crippen LogP contribution is -2.35. The molecule has 1 N–H and O–H groups in total. The van der Waals surface area contributed by atoms with Crippen molar-refractivity contribution in [3.63, 3.8) is 0 Å². The molecule has 1 aliphatic rings. The Morgan fingerprint density at radius 3 is 2.33 bits per heavy atom. The molecule has 0 spiro atoms. The smallest absolute Gasteiger partial charge is 0.126 e. The van der Waals surface area contributed by atoms with Gasteiger partial charge >= 0.3 is 0 Å². The number of piperidine rings is 1. The quantitative estimate of drug-likeness (QED) is 0.860. The first kappa shape index (κ1) is 16.4. The molecule has 0 amide bonds.